The van der Waals surface area contributed by atoms with Crippen molar-refractivity contribution >= 4 is 5.91 Å². The van der Waals surface area contributed by atoms with Crippen molar-refractivity contribution in [3.63, 3.8) is 0 Å². The Balaban J connectivity index is 1.38. The van der Waals surface area contributed by atoms with Gasteiger partial charge in [0.15, 0.2) is 0 Å². The first-order chi connectivity index (χ1) is 12.8. The molecular formula is C17H21F4N5O. The predicted molar refractivity (Wildman–Crippen MR) is 87.4 cm³/mol. The molecule has 0 saturated carbocycles. The number of carbonyl (C=O) groups is 1. The van der Waals surface area contributed by atoms with Crippen LogP contribution >= 0.6 is 0 Å². The van der Waals surface area contributed by atoms with E-state index in [4.69, 9.17) is 0 Å². The second-order valence-corrected chi connectivity index (χ2v) is 7.40. The fourth-order valence-corrected chi connectivity index (χ4v) is 4.11. The van der Waals surface area contributed by atoms with Crippen LogP contribution in [-0.4, -0.2) is 70.1 Å². The molecule has 3 aliphatic heterocycles. The van der Waals surface area contributed by atoms with E-state index in [1.165, 1.54) is 6.20 Å². The van der Waals surface area contributed by atoms with Gasteiger partial charge in [-0.2, -0.15) is 13.2 Å². The molecule has 148 valence electrons. The topological polar surface area (TPSA) is 61.4 Å². The Hall–Kier alpha value is -1.81. The van der Waals surface area contributed by atoms with Crippen LogP contribution < -0.4 is 5.32 Å². The summed E-state index contributed by atoms with van der Waals surface area (Å²) in [5, 5.41) is 3.21. The van der Waals surface area contributed by atoms with Gasteiger partial charge < -0.3 is 10.2 Å². The monoisotopic (exact) mass is 387 g/mol. The van der Waals surface area contributed by atoms with E-state index in [-0.39, 0.29) is 24.5 Å². The van der Waals surface area contributed by atoms with Crippen molar-refractivity contribution in [1.82, 2.24) is 25.1 Å². The zero-order chi connectivity index (χ0) is 19.2. The summed E-state index contributed by atoms with van der Waals surface area (Å²) in [6, 6.07) is -0.219. The molecule has 0 aliphatic carbocycles. The standard InChI is InChI=1S/C17H21F4N5O/c18-11-1-3-26(9-11)15(27)14-5-12(7-22-14)25-4-2-13-10(8-25)6-23-16(24-13)17(19,20)21/h6,11-12,14,22H,1-5,7-9H2/t11?,12-,14-/m0/s1. The molecule has 3 aliphatic rings. The lowest BCUT2D eigenvalue weighted by Gasteiger charge is -2.32. The molecule has 6 nitrogen and oxygen atoms in total. The molecule has 1 aromatic rings. The van der Waals surface area contributed by atoms with E-state index < -0.39 is 18.2 Å². The molecule has 1 amide bonds. The SMILES string of the molecule is O=C([C@@H]1C[C@H](N2CCc3nc(C(F)(F)F)ncc3C2)CN1)N1CCC(F)C1. The summed E-state index contributed by atoms with van der Waals surface area (Å²) in [5.74, 6) is -1.16. The van der Waals surface area contributed by atoms with Gasteiger partial charge >= 0.3 is 6.18 Å². The predicted octanol–water partition coefficient (Wildman–Crippen LogP) is 1.15. The Morgan fingerprint density at radius 2 is 2.11 bits per heavy atom. The Morgan fingerprint density at radius 3 is 2.81 bits per heavy atom. The molecule has 0 bridgehead atoms. The number of rotatable bonds is 2. The van der Waals surface area contributed by atoms with Crippen LogP contribution in [0.15, 0.2) is 6.20 Å². The molecule has 4 heterocycles. The summed E-state index contributed by atoms with van der Waals surface area (Å²) < 4.78 is 51.6. The Kier molecular flexibility index (Phi) is 4.79. The molecule has 3 atom stereocenters. The van der Waals surface area contributed by atoms with E-state index in [1.807, 2.05) is 0 Å². The van der Waals surface area contributed by atoms with Crippen molar-refractivity contribution in [2.24, 2.45) is 0 Å². The average Bonchev–Trinajstić information content (AvgIpc) is 3.29. The molecule has 1 N–H and O–H groups in total. The van der Waals surface area contributed by atoms with Crippen LogP contribution in [0.2, 0.25) is 0 Å². The van der Waals surface area contributed by atoms with E-state index in [2.05, 4.69) is 20.2 Å². The van der Waals surface area contributed by atoms with Crippen LogP contribution in [0.5, 0.6) is 0 Å². The van der Waals surface area contributed by atoms with Crippen LogP contribution in [0.25, 0.3) is 0 Å². The van der Waals surface area contributed by atoms with Gasteiger partial charge in [0.05, 0.1) is 18.3 Å². The number of aromatic nitrogens is 2. The molecule has 2 fully saturated rings. The summed E-state index contributed by atoms with van der Waals surface area (Å²) in [5.41, 5.74) is 1.14. The van der Waals surface area contributed by atoms with Crippen molar-refractivity contribution < 1.29 is 22.4 Å². The summed E-state index contributed by atoms with van der Waals surface area (Å²) in [7, 11) is 0. The minimum absolute atomic E-state index is 0.0618. The third kappa shape index (κ3) is 3.77. The van der Waals surface area contributed by atoms with Crippen LogP contribution in [0.3, 0.4) is 0 Å². The molecular weight excluding hydrogens is 366 g/mol. The van der Waals surface area contributed by atoms with Gasteiger partial charge in [-0.25, -0.2) is 14.4 Å². The van der Waals surface area contributed by atoms with Crippen LogP contribution in [-0.2, 0) is 23.9 Å². The molecule has 0 spiro atoms. The van der Waals surface area contributed by atoms with E-state index in [1.54, 1.807) is 4.90 Å². The van der Waals surface area contributed by atoms with Gasteiger partial charge in [0.2, 0.25) is 11.7 Å². The Labute approximate surface area is 153 Å². The maximum absolute atomic E-state index is 13.3. The lowest BCUT2D eigenvalue weighted by molar-refractivity contribution is -0.145. The maximum atomic E-state index is 13.3. The first-order valence-electron chi connectivity index (χ1n) is 9.13. The summed E-state index contributed by atoms with van der Waals surface area (Å²) in [4.78, 5) is 23.4. The van der Waals surface area contributed by atoms with E-state index in [9.17, 15) is 22.4 Å². The summed E-state index contributed by atoms with van der Waals surface area (Å²) in [6.45, 7) is 2.30. The number of hydrogen-bond donors (Lipinski definition) is 1. The number of halogens is 4. The number of likely N-dealkylation sites (tertiary alicyclic amines) is 1. The van der Waals surface area contributed by atoms with E-state index in [0.29, 0.717) is 56.7 Å². The lowest BCUT2D eigenvalue weighted by atomic mass is 10.0. The second-order valence-electron chi connectivity index (χ2n) is 7.40. The zero-order valence-corrected chi connectivity index (χ0v) is 14.7. The number of carbonyl (C=O) groups excluding carboxylic acids is 1. The maximum Gasteiger partial charge on any atom is 0.451 e. The minimum atomic E-state index is -4.54. The highest BCUT2D eigenvalue weighted by atomic mass is 19.4. The van der Waals surface area contributed by atoms with Crippen molar-refractivity contribution in [3.05, 3.63) is 23.3 Å². The fourth-order valence-electron chi connectivity index (χ4n) is 4.11. The smallest absolute Gasteiger partial charge is 0.338 e. The largest absolute Gasteiger partial charge is 0.451 e. The van der Waals surface area contributed by atoms with Crippen molar-refractivity contribution in [2.75, 3.05) is 26.2 Å². The third-order valence-electron chi connectivity index (χ3n) is 5.58. The number of alkyl halides is 4. The Bertz CT molecular complexity index is 728. The molecule has 0 aromatic carbocycles. The first-order valence-corrected chi connectivity index (χ1v) is 9.13. The molecule has 10 heteroatoms. The quantitative estimate of drug-likeness (QED) is 0.772. The van der Waals surface area contributed by atoms with E-state index in [0.717, 1.165) is 0 Å². The fraction of sp³-hybridized carbons (Fsp3) is 0.706. The minimum Gasteiger partial charge on any atom is -0.338 e. The number of nitrogens with one attached hydrogen (secondary N) is 1. The summed E-state index contributed by atoms with van der Waals surface area (Å²) in [6.07, 6.45) is -2.79. The zero-order valence-electron chi connectivity index (χ0n) is 14.7. The van der Waals surface area contributed by atoms with E-state index >= 15 is 0 Å². The Morgan fingerprint density at radius 1 is 1.30 bits per heavy atom. The molecule has 1 unspecified atom stereocenters. The summed E-state index contributed by atoms with van der Waals surface area (Å²) >= 11 is 0. The van der Waals surface area contributed by atoms with Gasteiger partial charge in [-0.1, -0.05) is 0 Å². The lowest BCUT2D eigenvalue weighted by Crippen LogP contribution is -2.42. The molecule has 27 heavy (non-hydrogen) atoms. The number of amides is 1. The van der Waals surface area contributed by atoms with Crippen molar-refractivity contribution in [1.29, 1.82) is 0 Å². The van der Waals surface area contributed by atoms with Gasteiger partial charge in [0.25, 0.3) is 0 Å². The normalized spacial score (nSPS) is 29.2. The number of hydrogen-bond acceptors (Lipinski definition) is 5. The average molecular weight is 387 g/mol. The third-order valence-corrected chi connectivity index (χ3v) is 5.58. The van der Waals surface area contributed by atoms with Crippen LogP contribution in [0.1, 0.15) is 29.9 Å². The highest BCUT2D eigenvalue weighted by Gasteiger charge is 2.39. The molecule has 1 aromatic heterocycles. The van der Waals surface area contributed by atoms with Crippen LogP contribution in [0.4, 0.5) is 17.6 Å². The van der Waals surface area contributed by atoms with Gasteiger partial charge in [-0.15, -0.1) is 0 Å². The molecule has 4 rings (SSSR count). The van der Waals surface area contributed by atoms with Gasteiger partial charge in [-0.3, -0.25) is 9.69 Å². The molecule has 0 radical (unpaired) electrons. The van der Waals surface area contributed by atoms with Crippen molar-refractivity contribution in [3.8, 4) is 0 Å². The van der Waals surface area contributed by atoms with Crippen LogP contribution in [0, 0.1) is 0 Å². The molecule has 2 saturated heterocycles. The second kappa shape index (κ2) is 6.97. The van der Waals surface area contributed by atoms with Crippen molar-refractivity contribution in [2.45, 2.75) is 50.2 Å². The van der Waals surface area contributed by atoms with Gasteiger partial charge in [-0.05, 0) is 12.8 Å². The van der Waals surface area contributed by atoms with Gasteiger partial charge in [0.1, 0.15) is 6.17 Å². The van der Waals surface area contributed by atoms with Gasteiger partial charge in [0, 0.05) is 50.4 Å². The first kappa shape index (κ1) is 18.5. The highest BCUT2D eigenvalue weighted by molar-refractivity contribution is 5.82. The number of nitrogens with zero attached hydrogens (tertiary/aromatic N) is 4. The highest BCUT2D eigenvalue weighted by Crippen LogP contribution is 2.29. The number of fused-ring (bicyclic) bond motifs is 1.